The molecule has 3 saturated heterocycles. The molecule has 0 unspecified atom stereocenters. The number of rotatable bonds is 1. The van der Waals surface area contributed by atoms with Crippen LogP contribution in [-0.4, -0.2) is 23.3 Å². The summed E-state index contributed by atoms with van der Waals surface area (Å²) in [5.41, 5.74) is -0.714. The van der Waals surface area contributed by atoms with Crippen molar-refractivity contribution < 1.29 is 14.3 Å². The van der Waals surface area contributed by atoms with Crippen LogP contribution in [0.5, 0.6) is 0 Å². The van der Waals surface area contributed by atoms with Crippen molar-refractivity contribution in [3.63, 3.8) is 0 Å². The molecule has 3 rings (SSSR count). The molecule has 16 heavy (non-hydrogen) atoms. The molecule has 0 saturated carbocycles. The Morgan fingerprint density at radius 3 is 2.44 bits per heavy atom. The fraction of sp³-hybridized carbons (Fsp3) is 0.923. The standard InChI is InChI=1S/C13H22O3/c1-8(2)10-13(5)7-6-9(11(14)15-10)12(3,4)16-13/h8-10H,6-7H2,1-5H3/t9-,10+,13+/m0/s1. The molecule has 3 aliphatic heterocycles. The number of esters is 1. The second kappa shape index (κ2) is 3.46. The Morgan fingerprint density at radius 2 is 1.94 bits per heavy atom. The highest BCUT2D eigenvalue weighted by molar-refractivity contribution is 5.75. The van der Waals surface area contributed by atoms with Gasteiger partial charge in [0.15, 0.2) is 0 Å². The minimum absolute atomic E-state index is 0.0788. The lowest BCUT2D eigenvalue weighted by molar-refractivity contribution is -0.203. The topological polar surface area (TPSA) is 35.5 Å². The molecule has 0 N–H and O–H groups in total. The Kier molecular flexibility index (Phi) is 2.57. The Labute approximate surface area is 97.5 Å². The zero-order valence-electron chi connectivity index (χ0n) is 10.9. The van der Waals surface area contributed by atoms with Crippen molar-refractivity contribution in [2.75, 3.05) is 0 Å². The molecule has 92 valence electrons. The van der Waals surface area contributed by atoms with E-state index in [1.165, 1.54) is 0 Å². The summed E-state index contributed by atoms with van der Waals surface area (Å²) in [5.74, 6) is 0.107. The van der Waals surface area contributed by atoms with E-state index in [1.807, 2.05) is 13.8 Å². The van der Waals surface area contributed by atoms with Gasteiger partial charge in [-0.25, -0.2) is 0 Å². The normalized spacial score (nSPS) is 42.0. The zero-order chi connectivity index (χ0) is 12.1. The maximum Gasteiger partial charge on any atom is 0.312 e. The van der Waals surface area contributed by atoms with Gasteiger partial charge in [-0.1, -0.05) is 13.8 Å². The van der Waals surface area contributed by atoms with Gasteiger partial charge in [-0.15, -0.1) is 0 Å². The van der Waals surface area contributed by atoms with E-state index in [0.717, 1.165) is 12.8 Å². The first-order chi connectivity index (χ1) is 7.26. The van der Waals surface area contributed by atoms with Crippen molar-refractivity contribution >= 4 is 5.97 Å². The van der Waals surface area contributed by atoms with Crippen LogP contribution < -0.4 is 0 Å². The van der Waals surface area contributed by atoms with Crippen LogP contribution in [0.2, 0.25) is 0 Å². The number of hydrogen-bond acceptors (Lipinski definition) is 3. The third-order valence-electron chi connectivity index (χ3n) is 4.00. The summed E-state index contributed by atoms with van der Waals surface area (Å²) in [7, 11) is 0. The van der Waals surface area contributed by atoms with Crippen LogP contribution in [0.25, 0.3) is 0 Å². The van der Waals surface area contributed by atoms with E-state index in [9.17, 15) is 4.79 Å². The van der Waals surface area contributed by atoms with Gasteiger partial charge in [0.2, 0.25) is 0 Å². The Balaban J connectivity index is 2.40. The summed E-state index contributed by atoms with van der Waals surface area (Å²) >= 11 is 0. The van der Waals surface area contributed by atoms with Gasteiger partial charge in [0, 0.05) is 0 Å². The third-order valence-corrected chi connectivity index (χ3v) is 4.00. The summed E-state index contributed by atoms with van der Waals surface area (Å²) in [6.07, 6.45) is 1.67. The first-order valence-corrected chi connectivity index (χ1v) is 6.17. The minimum Gasteiger partial charge on any atom is -0.459 e. The van der Waals surface area contributed by atoms with E-state index in [2.05, 4.69) is 20.8 Å². The lowest BCUT2D eigenvalue weighted by Gasteiger charge is -2.45. The molecular weight excluding hydrogens is 204 g/mol. The molecule has 0 aliphatic carbocycles. The quantitative estimate of drug-likeness (QED) is 0.644. The largest absolute Gasteiger partial charge is 0.459 e. The average Bonchev–Trinajstić information content (AvgIpc) is 2.26. The highest BCUT2D eigenvalue weighted by Crippen LogP contribution is 2.47. The van der Waals surface area contributed by atoms with E-state index in [0.29, 0.717) is 5.92 Å². The highest BCUT2D eigenvalue weighted by atomic mass is 16.6. The summed E-state index contributed by atoms with van der Waals surface area (Å²) in [6.45, 7) is 10.2. The van der Waals surface area contributed by atoms with E-state index in [-0.39, 0.29) is 23.6 Å². The van der Waals surface area contributed by atoms with Crippen molar-refractivity contribution in [1.29, 1.82) is 0 Å². The van der Waals surface area contributed by atoms with Crippen LogP contribution >= 0.6 is 0 Å². The van der Waals surface area contributed by atoms with Gasteiger partial charge in [-0.05, 0) is 39.5 Å². The summed E-state index contributed by atoms with van der Waals surface area (Å²) in [6, 6.07) is 0. The second-order valence-corrected chi connectivity index (χ2v) is 6.21. The average molecular weight is 226 g/mol. The number of carbonyl (C=O) groups excluding carboxylic acids is 1. The first-order valence-electron chi connectivity index (χ1n) is 6.17. The Bertz CT molecular complexity index is 308. The predicted octanol–water partition coefficient (Wildman–Crippen LogP) is 2.53. The van der Waals surface area contributed by atoms with Crippen LogP contribution in [0, 0.1) is 11.8 Å². The molecule has 3 aliphatic rings. The molecule has 2 bridgehead atoms. The predicted molar refractivity (Wildman–Crippen MR) is 61.0 cm³/mol. The number of fused-ring (bicyclic) bond motifs is 4. The lowest BCUT2D eigenvalue weighted by Crippen LogP contribution is -2.53. The maximum atomic E-state index is 12.0. The molecule has 0 aromatic carbocycles. The molecule has 3 atom stereocenters. The fourth-order valence-electron chi connectivity index (χ4n) is 3.28. The van der Waals surface area contributed by atoms with Gasteiger partial charge in [0.1, 0.15) is 11.7 Å². The van der Waals surface area contributed by atoms with Gasteiger partial charge in [-0.2, -0.15) is 0 Å². The molecule has 0 radical (unpaired) electrons. The van der Waals surface area contributed by atoms with Crippen molar-refractivity contribution in [1.82, 2.24) is 0 Å². The third kappa shape index (κ3) is 1.65. The summed E-state index contributed by atoms with van der Waals surface area (Å²) < 4.78 is 11.8. The molecule has 3 nitrogen and oxygen atoms in total. The van der Waals surface area contributed by atoms with Gasteiger partial charge in [-0.3, -0.25) is 4.79 Å². The Hall–Kier alpha value is -0.570. The SMILES string of the molecule is CC(C)[C@H]1OC(=O)[C@@H]2CC[C@@]1(C)OC2(C)C. The van der Waals surface area contributed by atoms with E-state index in [1.54, 1.807) is 0 Å². The molecule has 3 heterocycles. The molecule has 0 amide bonds. The molecular formula is C13H22O3. The summed E-state index contributed by atoms with van der Waals surface area (Å²) in [4.78, 5) is 12.0. The Morgan fingerprint density at radius 1 is 1.31 bits per heavy atom. The van der Waals surface area contributed by atoms with Gasteiger partial charge < -0.3 is 9.47 Å². The number of ether oxygens (including phenoxy) is 2. The van der Waals surface area contributed by atoms with Crippen molar-refractivity contribution in [3.05, 3.63) is 0 Å². The van der Waals surface area contributed by atoms with Crippen molar-refractivity contribution in [3.8, 4) is 0 Å². The second-order valence-electron chi connectivity index (χ2n) is 6.21. The van der Waals surface area contributed by atoms with Crippen molar-refractivity contribution in [2.24, 2.45) is 11.8 Å². The first kappa shape index (κ1) is 11.9. The number of hydrogen-bond donors (Lipinski definition) is 0. The highest BCUT2D eigenvalue weighted by Gasteiger charge is 2.56. The maximum absolute atomic E-state index is 12.0. The minimum atomic E-state index is -0.395. The van der Waals surface area contributed by atoms with E-state index in [4.69, 9.17) is 9.47 Å². The van der Waals surface area contributed by atoms with E-state index >= 15 is 0 Å². The van der Waals surface area contributed by atoms with Crippen LogP contribution in [-0.2, 0) is 14.3 Å². The van der Waals surface area contributed by atoms with Gasteiger partial charge in [0.25, 0.3) is 0 Å². The van der Waals surface area contributed by atoms with Crippen molar-refractivity contribution in [2.45, 2.75) is 64.8 Å². The molecule has 0 aromatic heterocycles. The van der Waals surface area contributed by atoms with Gasteiger partial charge >= 0.3 is 5.97 Å². The van der Waals surface area contributed by atoms with Crippen LogP contribution in [0.1, 0.15) is 47.5 Å². The van der Waals surface area contributed by atoms with Crippen LogP contribution in [0.4, 0.5) is 0 Å². The molecule has 0 aromatic rings. The van der Waals surface area contributed by atoms with Gasteiger partial charge in [0.05, 0.1) is 11.5 Å². The van der Waals surface area contributed by atoms with E-state index < -0.39 is 5.60 Å². The smallest absolute Gasteiger partial charge is 0.312 e. The monoisotopic (exact) mass is 226 g/mol. The molecule has 3 heteroatoms. The zero-order valence-corrected chi connectivity index (χ0v) is 10.9. The summed E-state index contributed by atoms with van der Waals surface area (Å²) in [5, 5.41) is 0. The fourth-order valence-corrected chi connectivity index (χ4v) is 3.28. The molecule has 0 spiro atoms. The molecule has 3 fully saturated rings. The number of carbonyl (C=O) groups is 1. The van der Waals surface area contributed by atoms with Crippen LogP contribution in [0.15, 0.2) is 0 Å². The lowest BCUT2D eigenvalue weighted by atomic mass is 9.77. The van der Waals surface area contributed by atoms with Crippen LogP contribution in [0.3, 0.4) is 0 Å².